The SMILES string of the molecule is CC[C@@H](C)NC(=O)[C@@H](C)N(Cc1ccc(F)cc1)C(=O)CN(c1cccc(C)c1)S(=O)(=O)c1ccccc1. The van der Waals surface area contributed by atoms with E-state index in [-0.39, 0.29) is 23.4 Å². The van der Waals surface area contributed by atoms with Gasteiger partial charge in [-0.1, -0.05) is 49.4 Å². The molecule has 0 saturated carbocycles. The minimum atomic E-state index is -4.11. The van der Waals surface area contributed by atoms with Gasteiger partial charge in [-0.05, 0) is 74.7 Å². The van der Waals surface area contributed by atoms with E-state index in [1.54, 1.807) is 43.3 Å². The van der Waals surface area contributed by atoms with E-state index in [0.717, 1.165) is 9.87 Å². The summed E-state index contributed by atoms with van der Waals surface area (Å²) in [4.78, 5) is 28.2. The first-order valence-corrected chi connectivity index (χ1v) is 14.0. The summed E-state index contributed by atoms with van der Waals surface area (Å²) in [6.45, 7) is 6.71. The number of halogens is 1. The summed E-state index contributed by atoms with van der Waals surface area (Å²) < 4.78 is 42.0. The number of benzene rings is 3. The lowest BCUT2D eigenvalue weighted by Gasteiger charge is -2.32. The lowest BCUT2D eigenvalue weighted by Crippen LogP contribution is -2.52. The largest absolute Gasteiger partial charge is 0.352 e. The van der Waals surface area contributed by atoms with Crippen molar-refractivity contribution in [2.75, 3.05) is 10.8 Å². The minimum Gasteiger partial charge on any atom is -0.352 e. The summed E-state index contributed by atoms with van der Waals surface area (Å²) in [7, 11) is -4.11. The Morgan fingerprint density at radius 3 is 2.21 bits per heavy atom. The van der Waals surface area contributed by atoms with Gasteiger partial charge in [0, 0.05) is 12.6 Å². The van der Waals surface area contributed by atoms with Gasteiger partial charge in [0.05, 0.1) is 10.6 Å². The maximum atomic E-state index is 13.8. The second-order valence-electron chi connectivity index (χ2n) is 9.31. The van der Waals surface area contributed by atoms with Crippen LogP contribution >= 0.6 is 0 Å². The van der Waals surface area contributed by atoms with E-state index in [2.05, 4.69) is 5.32 Å². The molecule has 0 aliphatic carbocycles. The summed E-state index contributed by atoms with van der Waals surface area (Å²) in [6.07, 6.45) is 0.709. The number of rotatable bonds is 11. The van der Waals surface area contributed by atoms with Crippen LogP contribution in [-0.4, -0.2) is 43.8 Å². The standard InChI is InChI=1S/C29H34FN3O4S/c1-5-22(3)31-29(35)23(4)32(19-24-14-16-25(30)17-15-24)28(34)20-33(26-11-9-10-21(2)18-26)38(36,37)27-12-7-6-8-13-27/h6-18,22-23H,5,19-20H2,1-4H3,(H,31,35)/t22-,23-/m1/s1. The molecule has 2 atom stereocenters. The van der Waals surface area contributed by atoms with Gasteiger partial charge in [0.2, 0.25) is 11.8 Å². The average Bonchev–Trinajstić information content (AvgIpc) is 2.91. The molecule has 0 aromatic heterocycles. The summed E-state index contributed by atoms with van der Waals surface area (Å²) in [5, 5.41) is 2.88. The Labute approximate surface area is 224 Å². The maximum absolute atomic E-state index is 13.8. The number of hydrogen-bond donors (Lipinski definition) is 1. The zero-order chi connectivity index (χ0) is 27.9. The van der Waals surface area contributed by atoms with E-state index in [4.69, 9.17) is 0 Å². The predicted octanol–water partition coefficient (Wildman–Crippen LogP) is 4.66. The van der Waals surface area contributed by atoms with Gasteiger partial charge in [-0.2, -0.15) is 0 Å². The number of carbonyl (C=O) groups is 2. The third-order valence-electron chi connectivity index (χ3n) is 6.33. The molecule has 0 spiro atoms. The molecule has 9 heteroatoms. The molecular weight excluding hydrogens is 505 g/mol. The van der Waals surface area contributed by atoms with E-state index in [1.165, 1.54) is 41.3 Å². The van der Waals surface area contributed by atoms with Crippen molar-refractivity contribution in [2.24, 2.45) is 0 Å². The van der Waals surface area contributed by atoms with Gasteiger partial charge in [-0.3, -0.25) is 13.9 Å². The number of hydrogen-bond acceptors (Lipinski definition) is 4. The number of aryl methyl sites for hydroxylation is 1. The predicted molar refractivity (Wildman–Crippen MR) is 146 cm³/mol. The van der Waals surface area contributed by atoms with E-state index in [0.29, 0.717) is 17.7 Å². The van der Waals surface area contributed by atoms with Gasteiger partial charge in [-0.15, -0.1) is 0 Å². The molecule has 202 valence electrons. The van der Waals surface area contributed by atoms with Crippen molar-refractivity contribution in [3.8, 4) is 0 Å². The van der Waals surface area contributed by atoms with Crippen molar-refractivity contribution in [1.29, 1.82) is 0 Å². The molecular formula is C29H34FN3O4S. The molecule has 3 aromatic carbocycles. The molecule has 7 nitrogen and oxygen atoms in total. The zero-order valence-corrected chi connectivity index (χ0v) is 22.9. The zero-order valence-electron chi connectivity index (χ0n) is 22.1. The van der Waals surface area contributed by atoms with E-state index in [1.807, 2.05) is 26.8 Å². The molecule has 0 aliphatic rings. The van der Waals surface area contributed by atoms with Crippen LogP contribution in [0, 0.1) is 12.7 Å². The van der Waals surface area contributed by atoms with Gasteiger partial charge >= 0.3 is 0 Å². The third-order valence-corrected chi connectivity index (χ3v) is 8.12. The van der Waals surface area contributed by atoms with Gasteiger partial charge < -0.3 is 10.2 Å². The number of anilines is 1. The second-order valence-corrected chi connectivity index (χ2v) is 11.2. The van der Waals surface area contributed by atoms with Crippen molar-refractivity contribution < 1.29 is 22.4 Å². The highest BCUT2D eigenvalue weighted by Crippen LogP contribution is 2.25. The Morgan fingerprint density at radius 1 is 0.947 bits per heavy atom. The number of sulfonamides is 1. The topological polar surface area (TPSA) is 86.8 Å². The van der Waals surface area contributed by atoms with Crippen LogP contribution in [0.2, 0.25) is 0 Å². The Morgan fingerprint density at radius 2 is 1.61 bits per heavy atom. The molecule has 0 saturated heterocycles. The first-order valence-electron chi connectivity index (χ1n) is 12.5. The molecule has 0 heterocycles. The van der Waals surface area contributed by atoms with Crippen LogP contribution in [0.5, 0.6) is 0 Å². The number of nitrogens with one attached hydrogen (secondary N) is 1. The Balaban J connectivity index is 2.01. The van der Waals surface area contributed by atoms with Crippen LogP contribution in [0.3, 0.4) is 0 Å². The molecule has 0 bridgehead atoms. The second kappa shape index (κ2) is 12.7. The van der Waals surface area contributed by atoms with E-state index >= 15 is 0 Å². The van der Waals surface area contributed by atoms with Gasteiger partial charge in [0.25, 0.3) is 10.0 Å². The molecule has 3 rings (SSSR count). The smallest absolute Gasteiger partial charge is 0.264 e. The van der Waals surface area contributed by atoms with Crippen molar-refractivity contribution in [3.05, 3.63) is 95.8 Å². The monoisotopic (exact) mass is 539 g/mol. The molecule has 0 fully saturated rings. The number of nitrogens with zero attached hydrogens (tertiary/aromatic N) is 2. The van der Waals surface area contributed by atoms with Crippen molar-refractivity contribution in [3.63, 3.8) is 0 Å². The van der Waals surface area contributed by atoms with E-state index in [9.17, 15) is 22.4 Å². The summed E-state index contributed by atoms with van der Waals surface area (Å²) in [6, 6.07) is 19.4. The van der Waals surface area contributed by atoms with Crippen LogP contribution in [0.15, 0.2) is 83.8 Å². The summed E-state index contributed by atoms with van der Waals surface area (Å²) in [5.41, 5.74) is 1.77. The van der Waals surface area contributed by atoms with Crippen LogP contribution in [-0.2, 0) is 26.2 Å². The van der Waals surface area contributed by atoms with Crippen molar-refractivity contribution in [2.45, 2.75) is 57.6 Å². The molecule has 0 unspecified atom stereocenters. The fraction of sp³-hybridized carbons (Fsp3) is 0.310. The average molecular weight is 540 g/mol. The van der Waals surface area contributed by atoms with E-state index < -0.39 is 34.3 Å². The highest BCUT2D eigenvalue weighted by atomic mass is 32.2. The van der Waals surface area contributed by atoms with Gasteiger partial charge in [-0.25, -0.2) is 12.8 Å². The van der Waals surface area contributed by atoms with Crippen molar-refractivity contribution >= 4 is 27.5 Å². The van der Waals surface area contributed by atoms with Crippen LogP contribution in [0.1, 0.15) is 38.3 Å². The molecule has 3 aromatic rings. The first kappa shape index (κ1) is 28.8. The Hall–Kier alpha value is -3.72. The highest BCUT2D eigenvalue weighted by Gasteiger charge is 2.32. The summed E-state index contributed by atoms with van der Waals surface area (Å²) in [5.74, 6) is -1.35. The maximum Gasteiger partial charge on any atom is 0.264 e. The van der Waals surface area contributed by atoms with Crippen LogP contribution in [0.4, 0.5) is 10.1 Å². The summed E-state index contributed by atoms with van der Waals surface area (Å²) >= 11 is 0. The molecule has 1 N–H and O–H groups in total. The normalized spacial score (nSPS) is 12.9. The van der Waals surface area contributed by atoms with Crippen molar-refractivity contribution in [1.82, 2.24) is 10.2 Å². The quantitative estimate of drug-likeness (QED) is 0.384. The lowest BCUT2D eigenvalue weighted by atomic mass is 10.1. The lowest BCUT2D eigenvalue weighted by molar-refractivity contribution is -0.139. The fourth-order valence-corrected chi connectivity index (χ4v) is 5.29. The minimum absolute atomic E-state index is 0.00124. The number of amides is 2. The third kappa shape index (κ3) is 7.19. The van der Waals surface area contributed by atoms with Crippen LogP contribution < -0.4 is 9.62 Å². The van der Waals surface area contributed by atoms with Gasteiger partial charge in [0.15, 0.2) is 0 Å². The Bertz CT molecular complexity index is 1350. The first-order chi connectivity index (χ1) is 18.0. The molecule has 2 amide bonds. The highest BCUT2D eigenvalue weighted by molar-refractivity contribution is 7.92. The number of carbonyl (C=O) groups excluding carboxylic acids is 2. The molecule has 38 heavy (non-hydrogen) atoms. The fourth-order valence-electron chi connectivity index (χ4n) is 3.87. The Kier molecular flexibility index (Phi) is 9.63. The van der Waals surface area contributed by atoms with Gasteiger partial charge in [0.1, 0.15) is 18.4 Å². The van der Waals surface area contributed by atoms with Crippen LogP contribution in [0.25, 0.3) is 0 Å². The molecule has 0 radical (unpaired) electrons. The molecule has 0 aliphatic heterocycles.